The summed E-state index contributed by atoms with van der Waals surface area (Å²) >= 11 is 1.31. The Kier molecular flexibility index (Phi) is 7.40. The lowest BCUT2D eigenvalue weighted by molar-refractivity contribution is -0.116. The fourth-order valence-electron chi connectivity index (χ4n) is 3.46. The molecule has 0 radical (unpaired) electrons. The second-order valence-electron chi connectivity index (χ2n) is 7.72. The predicted octanol–water partition coefficient (Wildman–Crippen LogP) is 4.64. The molecular formula is C25H24N6O2S. The number of aromatic nitrogens is 4. The number of pyridine rings is 1. The number of benzene rings is 1. The van der Waals surface area contributed by atoms with Gasteiger partial charge in [0.05, 0.1) is 31.1 Å². The third-order valence-corrected chi connectivity index (χ3v) is 6.36. The van der Waals surface area contributed by atoms with E-state index in [4.69, 9.17) is 9.68 Å². The predicted molar refractivity (Wildman–Crippen MR) is 130 cm³/mol. The van der Waals surface area contributed by atoms with Gasteiger partial charge in [-0.2, -0.15) is 5.26 Å². The van der Waals surface area contributed by atoms with E-state index in [9.17, 15) is 4.79 Å². The molecule has 172 valence electrons. The highest BCUT2D eigenvalue weighted by Gasteiger charge is 2.20. The number of aryl methyl sites for hydroxylation is 2. The molecule has 4 aromatic rings. The van der Waals surface area contributed by atoms with E-state index in [2.05, 4.69) is 21.3 Å². The van der Waals surface area contributed by atoms with Crippen molar-refractivity contribution >= 4 is 23.4 Å². The maximum atomic E-state index is 13.2. The Morgan fingerprint density at radius 3 is 2.76 bits per heavy atom. The molecule has 0 aliphatic heterocycles. The number of carbonyl (C=O) groups is 1. The van der Waals surface area contributed by atoms with Gasteiger partial charge in [0.15, 0.2) is 11.0 Å². The minimum atomic E-state index is -0.0982. The summed E-state index contributed by atoms with van der Waals surface area (Å²) in [7, 11) is 0. The lowest BCUT2D eigenvalue weighted by Crippen LogP contribution is -2.33. The Morgan fingerprint density at radius 1 is 1.18 bits per heavy atom. The van der Waals surface area contributed by atoms with E-state index < -0.39 is 0 Å². The fraction of sp³-hybridized carbons (Fsp3) is 0.240. The average molecular weight is 473 g/mol. The summed E-state index contributed by atoms with van der Waals surface area (Å²) in [6.07, 6.45) is 5.30. The first kappa shape index (κ1) is 23.3. The first-order valence-corrected chi connectivity index (χ1v) is 11.8. The van der Waals surface area contributed by atoms with Gasteiger partial charge in [-0.05, 0) is 61.4 Å². The Hall–Kier alpha value is -3.90. The van der Waals surface area contributed by atoms with Crippen molar-refractivity contribution in [2.45, 2.75) is 32.0 Å². The molecule has 4 rings (SSSR count). The van der Waals surface area contributed by atoms with E-state index in [0.717, 1.165) is 28.1 Å². The first-order valence-electron chi connectivity index (χ1n) is 10.8. The van der Waals surface area contributed by atoms with Gasteiger partial charge in [0.2, 0.25) is 5.91 Å². The number of thioether (sulfide) groups is 1. The highest BCUT2D eigenvalue weighted by atomic mass is 32.2. The SMILES string of the molecule is Cc1ccc(N(CCC#N)C(=O)CSc2nnc(-c3cccnc3)n2Cc2ccco2)cc1C. The van der Waals surface area contributed by atoms with E-state index >= 15 is 0 Å². The third-order valence-electron chi connectivity index (χ3n) is 5.41. The van der Waals surface area contributed by atoms with Crippen LogP contribution in [-0.2, 0) is 11.3 Å². The fourth-order valence-corrected chi connectivity index (χ4v) is 4.28. The molecule has 1 amide bonds. The molecule has 9 heteroatoms. The van der Waals surface area contributed by atoms with Gasteiger partial charge in [0.1, 0.15) is 5.76 Å². The highest BCUT2D eigenvalue weighted by Crippen LogP contribution is 2.26. The molecule has 3 aromatic heterocycles. The molecule has 1 aromatic carbocycles. The van der Waals surface area contributed by atoms with Crippen LogP contribution in [0.4, 0.5) is 5.69 Å². The summed E-state index contributed by atoms with van der Waals surface area (Å²) < 4.78 is 7.45. The van der Waals surface area contributed by atoms with Crippen LogP contribution in [0.1, 0.15) is 23.3 Å². The Labute approximate surface area is 202 Å². The van der Waals surface area contributed by atoms with Crippen molar-refractivity contribution in [3.63, 3.8) is 0 Å². The zero-order valence-corrected chi connectivity index (χ0v) is 19.8. The Bertz CT molecular complexity index is 1290. The number of nitriles is 1. The molecule has 3 heterocycles. The lowest BCUT2D eigenvalue weighted by atomic mass is 10.1. The van der Waals surface area contributed by atoms with Gasteiger partial charge in [0.25, 0.3) is 0 Å². The van der Waals surface area contributed by atoms with Crippen LogP contribution in [0, 0.1) is 25.2 Å². The summed E-state index contributed by atoms with van der Waals surface area (Å²) in [5.74, 6) is 1.46. The molecule has 0 N–H and O–H groups in total. The molecule has 0 saturated heterocycles. The lowest BCUT2D eigenvalue weighted by Gasteiger charge is -2.22. The standard InChI is InChI=1S/C25H24N6O2S/c1-18-8-9-21(14-19(18)2)30(12-5-10-26)23(32)17-34-25-29-28-24(20-6-3-11-27-15-20)31(25)16-22-7-4-13-33-22/h3-4,6-9,11,13-15H,5,12,16-17H2,1-2H3. The molecule has 0 saturated carbocycles. The van der Waals surface area contributed by atoms with Crippen molar-refractivity contribution in [3.05, 3.63) is 78.0 Å². The van der Waals surface area contributed by atoms with Gasteiger partial charge in [0, 0.05) is 30.2 Å². The minimum Gasteiger partial charge on any atom is -0.467 e. The largest absolute Gasteiger partial charge is 0.467 e. The number of hydrogen-bond acceptors (Lipinski definition) is 7. The van der Waals surface area contributed by atoms with E-state index in [-0.39, 0.29) is 18.1 Å². The van der Waals surface area contributed by atoms with Crippen molar-refractivity contribution in [3.8, 4) is 17.5 Å². The smallest absolute Gasteiger partial charge is 0.237 e. The van der Waals surface area contributed by atoms with Crippen LogP contribution in [0.25, 0.3) is 11.4 Å². The average Bonchev–Trinajstić information content (AvgIpc) is 3.51. The van der Waals surface area contributed by atoms with Crippen LogP contribution in [-0.4, -0.2) is 38.0 Å². The molecule has 0 atom stereocenters. The summed E-state index contributed by atoms with van der Waals surface area (Å²) in [6, 6.07) is 15.5. The summed E-state index contributed by atoms with van der Waals surface area (Å²) in [5, 5.41) is 18.4. The molecule has 0 unspecified atom stereocenters. The van der Waals surface area contributed by atoms with Gasteiger partial charge in [-0.15, -0.1) is 10.2 Å². The van der Waals surface area contributed by atoms with Gasteiger partial charge >= 0.3 is 0 Å². The summed E-state index contributed by atoms with van der Waals surface area (Å²) in [4.78, 5) is 19.1. The number of anilines is 1. The van der Waals surface area contributed by atoms with Gasteiger partial charge in [-0.1, -0.05) is 17.8 Å². The Morgan fingerprint density at radius 2 is 2.06 bits per heavy atom. The zero-order valence-electron chi connectivity index (χ0n) is 19.0. The third kappa shape index (κ3) is 5.35. The quantitative estimate of drug-likeness (QED) is 0.327. The van der Waals surface area contributed by atoms with Crippen molar-refractivity contribution in [2.24, 2.45) is 0 Å². The number of amides is 1. The monoisotopic (exact) mass is 472 g/mol. The second-order valence-corrected chi connectivity index (χ2v) is 8.67. The van der Waals surface area contributed by atoms with Gasteiger partial charge < -0.3 is 9.32 Å². The van der Waals surface area contributed by atoms with E-state index in [1.165, 1.54) is 11.8 Å². The van der Waals surface area contributed by atoms with E-state index in [1.807, 2.05) is 60.9 Å². The van der Waals surface area contributed by atoms with E-state index in [0.29, 0.717) is 24.1 Å². The molecular weight excluding hydrogens is 448 g/mol. The van der Waals surface area contributed by atoms with Crippen LogP contribution in [0.2, 0.25) is 0 Å². The van der Waals surface area contributed by atoms with Crippen LogP contribution in [0.3, 0.4) is 0 Å². The molecule has 0 spiro atoms. The van der Waals surface area contributed by atoms with Crippen LogP contribution in [0.15, 0.2) is 70.7 Å². The molecule has 34 heavy (non-hydrogen) atoms. The minimum absolute atomic E-state index is 0.0982. The molecule has 0 aliphatic rings. The zero-order chi connectivity index (χ0) is 23.9. The summed E-state index contributed by atoms with van der Waals surface area (Å²) in [5.41, 5.74) is 3.86. The number of carbonyl (C=O) groups excluding carboxylic acids is 1. The van der Waals surface area contributed by atoms with E-state index in [1.54, 1.807) is 23.6 Å². The van der Waals surface area contributed by atoms with Crippen LogP contribution < -0.4 is 4.90 Å². The summed E-state index contributed by atoms with van der Waals surface area (Å²) in [6.45, 7) is 4.80. The maximum absolute atomic E-state index is 13.2. The number of furan rings is 1. The molecule has 0 fully saturated rings. The highest BCUT2D eigenvalue weighted by molar-refractivity contribution is 7.99. The first-order chi connectivity index (χ1) is 16.6. The molecule has 0 bridgehead atoms. The van der Waals surface area contributed by atoms with Gasteiger partial charge in [-0.25, -0.2) is 0 Å². The molecule has 0 aliphatic carbocycles. The second kappa shape index (κ2) is 10.8. The number of nitrogens with zero attached hydrogens (tertiary/aromatic N) is 6. The van der Waals surface area contributed by atoms with Gasteiger partial charge in [-0.3, -0.25) is 14.3 Å². The van der Waals surface area contributed by atoms with Crippen molar-refractivity contribution in [1.29, 1.82) is 5.26 Å². The van der Waals surface area contributed by atoms with Crippen LogP contribution in [0.5, 0.6) is 0 Å². The normalized spacial score (nSPS) is 10.7. The van der Waals surface area contributed by atoms with Crippen molar-refractivity contribution in [2.75, 3.05) is 17.2 Å². The maximum Gasteiger partial charge on any atom is 0.237 e. The Balaban J connectivity index is 1.57. The van der Waals surface area contributed by atoms with Crippen molar-refractivity contribution in [1.82, 2.24) is 19.7 Å². The molecule has 8 nitrogen and oxygen atoms in total. The van der Waals surface area contributed by atoms with Crippen molar-refractivity contribution < 1.29 is 9.21 Å². The number of rotatable bonds is 9. The number of hydrogen-bond donors (Lipinski definition) is 0. The topological polar surface area (TPSA) is 101 Å². The van der Waals surface area contributed by atoms with Crippen LogP contribution >= 0.6 is 11.8 Å².